The number of hydrogen-bond acceptors (Lipinski definition) is 3. The van der Waals surface area contributed by atoms with Gasteiger partial charge in [0.1, 0.15) is 6.10 Å². The first-order chi connectivity index (χ1) is 7.64. The number of aliphatic hydroxyl groups excluding tert-OH is 1. The lowest BCUT2D eigenvalue weighted by Gasteiger charge is -2.24. The minimum Gasteiger partial charge on any atom is -0.385 e. The van der Waals surface area contributed by atoms with Gasteiger partial charge < -0.3 is 5.11 Å². The summed E-state index contributed by atoms with van der Waals surface area (Å²) >= 11 is 6.06. The molecule has 96 valence electrons. The van der Waals surface area contributed by atoms with E-state index in [1.165, 1.54) is 0 Å². The highest BCUT2D eigenvalue weighted by Gasteiger charge is 2.30. The summed E-state index contributed by atoms with van der Waals surface area (Å²) in [5.74, 6) is -0.234. The summed E-state index contributed by atoms with van der Waals surface area (Å²) < 4.78 is 1.59. The first-order valence-electron chi connectivity index (χ1n) is 5.53. The van der Waals surface area contributed by atoms with Crippen molar-refractivity contribution in [1.82, 2.24) is 9.78 Å². The van der Waals surface area contributed by atoms with Crippen molar-refractivity contribution in [2.45, 2.75) is 40.2 Å². The number of carbonyl (C=O) groups is 1. The predicted molar refractivity (Wildman–Crippen MR) is 67.1 cm³/mol. The molecule has 0 aliphatic carbocycles. The fourth-order valence-corrected chi connectivity index (χ4v) is 1.84. The zero-order valence-corrected chi connectivity index (χ0v) is 11.7. The van der Waals surface area contributed by atoms with Crippen LogP contribution in [0.1, 0.15) is 32.2 Å². The molecule has 1 unspecified atom stereocenters. The lowest BCUT2D eigenvalue weighted by molar-refractivity contribution is -0.131. The number of nitrogens with zero attached hydrogens (tertiary/aromatic N) is 2. The van der Waals surface area contributed by atoms with Crippen molar-refractivity contribution in [2.24, 2.45) is 12.5 Å². The molecule has 1 heterocycles. The van der Waals surface area contributed by atoms with Crippen molar-refractivity contribution in [3.05, 3.63) is 16.4 Å². The second-order valence-corrected chi connectivity index (χ2v) is 5.76. The highest BCUT2D eigenvalue weighted by Crippen LogP contribution is 2.24. The number of carbonyl (C=O) groups excluding carboxylic acids is 1. The summed E-state index contributed by atoms with van der Waals surface area (Å²) in [4.78, 5) is 11.9. The maximum Gasteiger partial charge on any atom is 0.167 e. The van der Waals surface area contributed by atoms with Gasteiger partial charge in [-0.25, -0.2) is 0 Å². The quantitative estimate of drug-likeness (QED) is 0.901. The highest BCUT2D eigenvalue weighted by atomic mass is 35.5. The zero-order valence-electron chi connectivity index (χ0n) is 10.9. The Labute approximate surface area is 107 Å². The summed E-state index contributed by atoms with van der Waals surface area (Å²) in [6, 6.07) is 0. The molecule has 1 rings (SSSR count). The molecule has 4 nitrogen and oxygen atoms in total. The number of hydrogen-bond donors (Lipinski definition) is 1. The van der Waals surface area contributed by atoms with E-state index in [0.717, 1.165) is 0 Å². The lowest BCUT2D eigenvalue weighted by Crippen LogP contribution is -2.35. The number of aromatic nitrogens is 2. The molecule has 0 amide bonds. The Morgan fingerprint density at radius 1 is 1.53 bits per heavy atom. The minimum atomic E-state index is -0.992. The molecule has 0 aliphatic heterocycles. The van der Waals surface area contributed by atoms with Gasteiger partial charge >= 0.3 is 0 Å². The summed E-state index contributed by atoms with van der Waals surface area (Å²) in [7, 11) is 1.74. The van der Waals surface area contributed by atoms with Crippen LogP contribution in [0, 0.1) is 12.3 Å². The van der Waals surface area contributed by atoms with E-state index in [-0.39, 0.29) is 12.2 Å². The molecule has 17 heavy (non-hydrogen) atoms. The Morgan fingerprint density at radius 2 is 2.06 bits per heavy atom. The van der Waals surface area contributed by atoms with E-state index in [4.69, 9.17) is 11.6 Å². The topological polar surface area (TPSA) is 55.1 Å². The normalized spacial score (nSPS) is 13.8. The third kappa shape index (κ3) is 3.07. The first-order valence-corrected chi connectivity index (χ1v) is 5.91. The van der Waals surface area contributed by atoms with Crippen LogP contribution < -0.4 is 0 Å². The zero-order chi connectivity index (χ0) is 13.4. The SMILES string of the molecule is Cc1nn(C)c(CC(=O)C(O)C(C)(C)C)c1Cl. The summed E-state index contributed by atoms with van der Waals surface area (Å²) in [5.41, 5.74) is 0.886. The number of aryl methyl sites for hydroxylation is 2. The summed E-state index contributed by atoms with van der Waals surface area (Å²) in [6.45, 7) is 7.26. The fraction of sp³-hybridized carbons (Fsp3) is 0.667. The molecule has 0 bridgehead atoms. The molecule has 0 saturated carbocycles. The average molecular weight is 259 g/mol. The first kappa shape index (κ1) is 14.2. The van der Waals surface area contributed by atoms with Gasteiger partial charge in [-0.1, -0.05) is 32.4 Å². The van der Waals surface area contributed by atoms with Crippen LogP contribution in [0.5, 0.6) is 0 Å². The molecule has 1 atom stereocenters. The van der Waals surface area contributed by atoms with Gasteiger partial charge in [-0.15, -0.1) is 0 Å². The number of halogens is 1. The minimum absolute atomic E-state index is 0.106. The van der Waals surface area contributed by atoms with Crippen molar-refractivity contribution >= 4 is 17.4 Å². The summed E-state index contributed by atoms with van der Waals surface area (Å²) in [6.07, 6.45) is -0.886. The Hall–Kier alpha value is -0.870. The number of ketones is 1. The van der Waals surface area contributed by atoms with Crippen molar-refractivity contribution in [3.8, 4) is 0 Å². The van der Waals surface area contributed by atoms with Crippen molar-refractivity contribution in [2.75, 3.05) is 0 Å². The Kier molecular flexibility index (Phi) is 3.99. The van der Waals surface area contributed by atoms with Gasteiger partial charge in [0.25, 0.3) is 0 Å². The monoisotopic (exact) mass is 258 g/mol. The third-order valence-electron chi connectivity index (χ3n) is 2.73. The van der Waals surface area contributed by atoms with E-state index in [1.54, 1.807) is 18.7 Å². The number of rotatable bonds is 3. The van der Waals surface area contributed by atoms with Crippen LogP contribution in [0.15, 0.2) is 0 Å². The molecule has 0 radical (unpaired) electrons. The van der Waals surface area contributed by atoms with Crippen LogP contribution in [-0.4, -0.2) is 26.8 Å². The average Bonchev–Trinajstić information content (AvgIpc) is 2.42. The molecule has 0 aromatic carbocycles. The van der Waals surface area contributed by atoms with Gasteiger partial charge in [0.05, 0.1) is 22.8 Å². The maximum absolute atomic E-state index is 11.9. The van der Waals surface area contributed by atoms with Crippen LogP contribution in [0.4, 0.5) is 0 Å². The van der Waals surface area contributed by atoms with Gasteiger partial charge in [0, 0.05) is 7.05 Å². The van der Waals surface area contributed by atoms with Crippen LogP contribution >= 0.6 is 11.6 Å². The van der Waals surface area contributed by atoms with Crippen molar-refractivity contribution in [3.63, 3.8) is 0 Å². The fourth-order valence-electron chi connectivity index (χ4n) is 1.62. The van der Waals surface area contributed by atoms with Crippen LogP contribution in [0.3, 0.4) is 0 Å². The molecule has 1 aromatic heterocycles. The van der Waals surface area contributed by atoms with Crippen LogP contribution in [0.2, 0.25) is 5.02 Å². The lowest BCUT2D eigenvalue weighted by atomic mass is 9.85. The molecular weight excluding hydrogens is 240 g/mol. The molecule has 0 aliphatic rings. The predicted octanol–water partition coefficient (Wildman–Crippen LogP) is 1.90. The van der Waals surface area contributed by atoms with Gasteiger partial charge in [-0.05, 0) is 12.3 Å². The van der Waals surface area contributed by atoms with Crippen LogP contribution in [-0.2, 0) is 18.3 Å². The molecule has 0 fully saturated rings. The standard InChI is InChI=1S/C12H19ClN2O2/c1-7-10(13)8(15(5)14-7)6-9(16)11(17)12(2,3)4/h11,17H,6H2,1-5H3. The molecular formula is C12H19ClN2O2. The number of aliphatic hydroxyl groups is 1. The third-order valence-corrected chi connectivity index (χ3v) is 3.22. The largest absolute Gasteiger partial charge is 0.385 e. The maximum atomic E-state index is 11.9. The molecule has 1 aromatic rings. The molecule has 1 N–H and O–H groups in total. The Morgan fingerprint density at radius 3 is 2.41 bits per heavy atom. The molecule has 0 spiro atoms. The van der Waals surface area contributed by atoms with E-state index in [0.29, 0.717) is 16.4 Å². The van der Waals surface area contributed by atoms with E-state index in [9.17, 15) is 9.90 Å². The Balaban J connectivity index is 2.89. The van der Waals surface area contributed by atoms with Crippen molar-refractivity contribution < 1.29 is 9.90 Å². The smallest absolute Gasteiger partial charge is 0.167 e. The van der Waals surface area contributed by atoms with Gasteiger partial charge in [0.2, 0.25) is 0 Å². The second-order valence-electron chi connectivity index (χ2n) is 5.38. The Bertz CT molecular complexity index is 432. The van der Waals surface area contributed by atoms with Crippen molar-refractivity contribution in [1.29, 1.82) is 0 Å². The van der Waals surface area contributed by atoms with E-state index in [2.05, 4.69) is 5.10 Å². The molecule has 5 heteroatoms. The van der Waals surface area contributed by atoms with Gasteiger partial charge in [-0.3, -0.25) is 9.48 Å². The van der Waals surface area contributed by atoms with E-state index >= 15 is 0 Å². The highest BCUT2D eigenvalue weighted by molar-refractivity contribution is 6.32. The van der Waals surface area contributed by atoms with Crippen LogP contribution in [0.25, 0.3) is 0 Å². The summed E-state index contributed by atoms with van der Waals surface area (Å²) in [5, 5.41) is 14.5. The second kappa shape index (κ2) is 4.78. The molecule has 0 saturated heterocycles. The van der Waals surface area contributed by atoms with E-state index in [1.807, 2.05) is 20.8 Å². The van der Waals surface area contributed by atoms with Gasteiger partial charge in [0.15, 0.2) is 5.78 Å². The van der Waals surface area contributed by atoms with E-state index < -0.39 is 11.5 Å². The van der Waals surface area contributed by atoms with Gasteiger partial charge in [-0.2, -0.15) is 5.10 Å². The number of Topliss-reactive ketones (excluding diaryl/α,β-unsaturated/α-hetero) is 1.